The number of aryl methyl sites for hydroxylation is 1. The number of hydrogen-bond acceptors (Lipinski definition) is 3. The molecule has 128 valence electrons. The van der Waals surface area contributed by atoms with Crippen molar-refractivity contribution in [2.24, 2.45) is 0 Å². The van der Waals surface area contributed by atoms with Gasteiger partial charge in [0.05, 0.1) is 5.56 Å². The molecule has 24 heavy (non-hydrogen) atoms. The molecule has 0 radical (unpaired) electrons. The monoisotopic (exact) mass is 327 g/mol. The van der Waals surface area contributed by atoms with Gasteiger partial charge in [-0.15, -0.1) is 0 Å². The molecule has 0 amide bonds. The topological polar surface area (TPSA) is 48.2 Å². The van der Waals surface area contributed by atoms with Crippen molar-refractivity contribution < 1.29 is 9.90 Å². The van der Waals surface area contributed by atoms with Gasteiger partial charge in [-0.05, 0) is 51.6 Å². The van der Waals surface area contributed by atoms with Crippen LogP contribution in [-0.4, -0.2) is 58.5 Å². The highest BCUT2D eigenvalue weighted by Crippen LogP contribution is 2.26. The summed E-state index contributed by atoms with van der Waals surface area (Å²) in [6.45, 7) is 8.11. The van der Waals surface area contributed by atoms with E-state index < -0.39 is 5.97 Å². The molecule has 2 aromatic heterocycles. The summed E-state index contributed by atoms with van der Waals surface area (Å²) in [5.74, 6) is -0.887. The molecule has 5 nitrogen and oxygen atoms in total. The minimum absolute atomic E-state index is 0.351. The van der Waals surface area contributed by atoms with Crippen LogP contribution in [0.5, 0.6) is 0 Å². The van der Waals surface area contributed by atoms with Gasteiger partial charge >= 0.3 is 5.97 Å². The van der Waals surface area contributed by atoms with Gasteiger partial charge in [0, 0.05) is 48.3 Å². The van der Waals surface area contributed by atoms with E-state index in [4.69, 9.17) is 0 Å². The van der Waals surface area contributed by atoms with Crippen LogP contribution in [0.25, 0.3) is 11.2 Å². The standard InChI is InChI=1S/C19H25N3O2/c1-13-11-22-12-15(9-17(22)10-18(13)19(23)24)14(2)21-7-5-16(6-8-21)20(3)4/h9-12,16H,2,5-8H2,1,3-4H3,(H,23,24). The SMILES string of the molecule is C=C(c1cc2cc(C(=O)O)c(C)cn2c1)N1CCC(N(C)C)CC1. The quantitative estimate of drug-likeness (QED) is 0.938. The summed E-state index contributed by atoms with van der Waals surface area (Å²) in [7, 11) is 4.27. The van der Waals surface area contributed by atoms with E-state index in [1.54, 1.807) is 6.07 Å². The smallest absolute Gasteiger partial charge is 0.336 e. The van der Waals surface area contributed by atoms with Crippen molar-refractivity contribution >= 4 is 17.2 Å². The Morgan fingerprint density at radius 1 is 1.25 bits per heavy atom. The van der Waals surface area contributed by atoms with Crippen LogP contribution in [0.2, 0.25) is 0 Å². The highest BCUT2D eigenvalue weighted by Gasteiger charge is 2.22. The lowest BCUT2D eigenvalue weighted by Crippen LogP contribution is -2.40. The Hall–Kier alpha value is -2.27. The van der Waals surface area contributed by atoms with Gasteiger partial charge in [-0.1, -0.05) is 6.58 Å². The zero-order valence-corrected chi connectivity index (χ0v) is 14.6. The Morgan fingerprint density at radius 3 is 2.50 bits per heavy atom. The third-order valence-corrected chi connectivity index (χ3v) is 5.07. The minimum Gasteiger partial charge on any atom is -0.478 e. The molecular formula is C19H25N3O2. The Morgan fingerprint density at radius 2 is 1.92 bits per heavy atom. The lowest BCUT2D eigenvalue weighted by atomic mass is 10.0. The molecule has 0 spiro atoms. The van der Waals surface area contributed by atoms with Crippen LogP contribution in [-0.2, 0) is 0 Å². The fourth-order valence-electron chi connectivity index (χ4n) is 3.49. The van der Waals surface area contributed by atoms with Crippen LogP contribution in [0.1, 0.15) is 34.3 Å². The molecule has 0 unspecified atom stereocenters. The molecule has 0 atom stereocenters. The highest BCUT2D eigenvalue weighted by molar-refractivity contribution is 5.91. The van der Waals surface area contributed by atoms with Gasteiger partial charge < -0.3 is 19.3 Å². The van der Waals surface area contributed by atoms with Crippen molar-refractivity contribution in [1.29, 1.82) is 0 Å². The van der Waals surface area contributed by atoms with E-state index >= 15 is 0 Å². The lowest BCUT2D eigenvalue weighted by Gasteiger charge is -2.37. The van der Waals surface area contributed by atoms with Gasteiger partial charge in [-0.2, -0.15) is 0 Å². The molecule has 5 heteroatoms. The fourth-order valence-corrected chi connectivity index (χ4v) is 3.49. The summed E-state index contributed by atoms with van der Waals surface area (Å²) < 4.78 is 1.98. The zero-order valence-electron chi connectivity index (χ0n) is 14.6. The summed E-state index contributed by atoms with van der Waals surface area (Å²) in [4.78, 5) is 15.9. The van der Waals surface area contributed by atoms with Crippen molar-refractivity contribution in [1.82, 2.24) is 14.2 Å². The number of carboxylic acids is 1. The predicted octanol–water partition coefficient (Wildman–Crippen LogP) is 2.94. The number of nitrogens with zero attached hydrogens (tertiary/aromatic N) is 3. The minimum atomic E-state index is -0.887. The van der Waals surface area contributed by atoms with Crippen molar-refractivity contribution in [3.8, 4) is 0 Å². The van der Waals surface area contributed by atoms with E-state index in [-0.39, 0.29) is 0 Å². The second-order valence-corrected chi connectivity index (χ2v) is 6.86. The number of likely N-dealkylation sites (tertiary alicyclic amines) is 1. The van der Waals surface area contributed by atoms with Gasteiger partial charge in [-0.25, -0.2) is 4.79 Å². The first-order chi connectivity index (χ1) is 11.4. The number of aromatic nitrogens is 1. The average Bonchev–Trinajstić information content (AvgIpc) is 2.96. The van der Waals surface area contributed by atoms with Crippen LogP contribution in [0, 0.1) is 6.92 Å². The number of aromatic carboxylic acids is 1. The fraction of sp³-hybridized carbons (Fsp3) is 0.421. The van der Waals surface area contributed by atoms with Crippen molar-refractivity contribution in [3.63, 3.8) is 0 Å². The van der Waals surface area contributed by atoms with E-state index in [1.165, 1.54) is 0 Å². The van der Waals surface area contributed by atoms with Gasteiger partial charge in [0.15, 0.2) is 0 Å². The molecule has 0 aliphatic carbocycles. The van der Waals surface area contributed by atoms with Gasteiger partial charge in [-0.3, -0.25) is 0 Å². The van der Waals surface area contributed by atoms with Crippen LogP contribution >= 0.6 is 0 Å². The second-order valence-electron chi connectivity index (χ2n) is 6.86. The first-order valence-electron chi connectivity index (χ1n) is 8.33. The van der Waals surface area contributed by atoms with Crippen molar-refractivity contribution in [3.05, 3.63) is 47.8 Å². The molecule has 1 aliphatic heterocycles. The Kier molecular flexibility index (Phi) is 4.37. The zero-order chi connectivity index (χ0) is 17.4. The number of piperidine rings is 1. The third-order valence-electron chi connectivity index (χ3n) is 5.07. The van der Waals surface area contributed by atoms with Crippen LogP contribution < -0.4 is 0 Å². The normalized spacial score (nSPS) is 16.1. The molecule has 0 saturated carbocycles. The van der Waals surface area contributed by atoms with Crippen molar-refractivity contribution in [2.75, 3.05) is 27.2 Å². The largest absolute Gasteiger partial charge is 0.478 e. The maximum Gasteiger partial charge on any atom is 0.336 e. The summed E-state index contributed by atoms with van der Waals surface area (Å²) in [6.07, 6.45) is 6.19. The molecular weight excluding hydrogens is 302 g/mol. The Labute approximate surface area is 142 Å². The molecule has 0 aromatic carbocycles. The van der Waals surface area contributed by atoms with Gasteiger partial charge in [0.2, 0.25) is 0 Å². The number of carboxylic acid groups (broad SMARTS) is 1. The average molecular weight is 327 g/mol. The summed E-state index contributed by atoms with van der Waals surface area (Å²) in [5, 5.41) is 9.28. The Bertz CT molecular complexity index is 783. The molecule has 0 bridgehead atoms. The van der Waals surface area contributed by atoms with E-state index in [1.807, 2.05) is 29.8 Å². The summed E-state index contributed by atoms with van der Waals surface area (Å²) >= 11 is 0. The number of pyridine rings is 1. The number of hydrogen-bond donors (Lipinski definition) is 1. The van der Waals surface area contributed by atoms with E-state index in [0.29, 0.717) is 11.6 Å². The molecule has 3 rings (SSSR count). The summed E-state index contributed by atoms with van der Waals surface area (Å²) in [6, 6.07) is 4.39. The van der Waals surface area contributed by atoms with E-state index in [9.17, 15) is 9.90 Å². The number of carbonyl (C=O) groups is 1. The third kappa shape index (κ3) is 3.04. The van der Waals surface area contributed by atoms with Gasteiger partial charge in [0.25, 0.3) is 0 Å². The highest BCUT2D eigenvalue weighted by atomic mass is 16.4. The molecule has 2 aromatic rings. The Balaban J connectivity index is 1.82. The number of rotatable bonds is 4. The van der Waals surface area contributed by atoms with Crippen LogP contribution in [0.4, 0.5) is 0 Å². The first kappa shape index (κ1) is 16.6. The van der Waals surface area contributed by atoms with Crippen LogP contribution in [0.3, 0.4) is 0 Å². The van der Waals surface area contributed by atoms with Crippen LogP contribution in [0.15, 0.2) is 31.1 Å². The first-order valence-corrected chi connectivity index (χ1v) is 8.33. The maximum atomic E-state index is 11.3. The molecule has 1 saturated heterocycles. The van der Waals surface area contributed by atoms with Crippen molar-refractivity contribution in [2.45, 2.75) is 25.8 Å². The maximum absolute atomic E-state index is 11.3. The van der Waals surface area contributed by atoms with E-state index in [0.717, 1.165) is 48.3 Å². The molecule has 3 heterocycles. The molecule has 1 N–H and O–H groups in total. The lowest BCUT2D eigenvalue weighted by molar-refractivity contribution is 0.0696. The van der Waals surface area contributed by atoms with E-state index in [2.05, 4.69) is 30.5 Å². The van der Waals surface area contributed by atoms with Gasteiger partial charge in [0.1, 0.15) is 0 Å². The predicted molar refractivity (Wildman–Crippen MR) is 96.4 cm³/mol. The summed E-state index contributed by atoms with van der Waals surface area (Å²) in [5.41, 5.74) is 4.07. The molecule has 1 aliphatic rings. The molecule has 1 fully saturated rings. The number of fused-ring (bicyclic) bond motifs is 1. The second kappa shape index (κ2) is 6.32.